The van der Waals surface area contributed by atoms with Gasteiger partial charge in [0.25, 0.3) is 5.91 Å². The quantitative estimate of drug-likeness (QED) is 0.345. The molecule has 182 valence electrons. The number of hydrogen-bond acceptors (Lipinski definition) is 4. The molecule has 7 heteroatoms. The molecule has 37 heavy (non-hydrogen) atoms. The molecule has 7 nitrogen and oxygen atoms in total. The summed E-state index contributed by atoms with van der Waals surface area (Å²) in [6.45, 7) is 0.278. The van der Waals surface area contributed by atoms with Crippen LogP contribution < -0.4 is 5.73 Å². The Morgan fingerprint density at radius 2 is 1.59 bits per heavy atom. The molecule has 3 aromatic carbocycles. The highest BCUT2D eigenvalue weighted by molar-refractivity contribution is 6.10. The lowest BCUT2D eigenvalue weighted by molar-refractivity contribution is -0.123. The molecule has 1 aliphatic rings. The summed E-state index contributed by atoms with van der Waals surface area (Å²) in [6.07, 6.45) is 3.50. The summed E-state index contributed by atoms with van der Waals surface area (Å²) in [5, 5.41) is 9.17. The third-order valence-electron chi connectivity index (χ3n) is 6.04. The van der Waals surface area contributed by atoms with E-state index in [0.717, 1.165) is 16.8 Å². The van der Waals surface area contributed by atoms with E-state index in [-0.39, 0.29) is 18.0 Å². The second kappa shape index (κ2) is 9.83. The van der Waals surface area contributed by atoms with Crippen molar-refractivity contribution in [3.05, 3.63) is 131 Å². The maximum atomic E-state index is 13.5. The maximum Gasteiger partial charge on any atom is 0.335 e. The van der Waals surface area contributed by atoms with Crippen LogP contribution in [0.3, 0.4) is 0 Å². The van der Waals surface area contributed by atoms with Crippen LogP contribution in [0, 0.1) is 0 Å². The number of amides is 2. The number of rotatable bonds is 7. The summed E-state index contributed by atoms with van der Waals surface area (Å²) < 4.78 is 5.96. The molecular formula is C30H22N2O5. The van der Waals surface area contributed by atoms with Crippen molar-refractivity contribution in [1.29, 1.82) is 0 Å². The maximum absolute atomic E-state index is 13.5. The first kappa shape index (κ1) is 23.6. The molecule has 1 aliphatic heterocycles. The second-order valence-corrected chi connectivity index (χ2v) is 8.54. The molecule has 3 N–H and O–H groups in total. The third kappa shape index (κ3) is 4.97. The number of hydrogen-bond donors (Lipinski definition) is 2. The fourth-order valence-electron chi connectivity index (χ4n) is 4.16. The van der Waals surface area contributed by atoms with Crippen molar-refractivity contribution in [3.63, 3.8) is 0 Å². The van der Waals surface area contributed by atoms with Gasteiger partial charge in [-0.15, -0.1) is 0 Å². The number of carbonyl (C=O) groups is 3. The second-order valence-electron chi connectivity index (χ2n) is 8.54. The summed E-state index contributed by atoms with van der Waals surface area (Å²) in [5.41, 5.74) is 9.52. The first-order valence-corrected chi connectivity index (χ1v) is 11.5. The largest absolute Gasteiger partial charge is 0.478 e. The predicted octanol–water partition coefficient (Wildman–Crippen LogP) is 5.21. The molecule has 0 bridgehead atoms. The lowest BCUT2D eigenvalue weighted by Gasteiger charge is -2.21. The normalized spacial score (nSPS) is 14.2. The zero-order valence-corrected chi connectivity index (χ0v) is 19.6. The Morgan fingerprint density at radius 3 is 2.30 bits per heavy atom. The molecule has 2 heterocycles. The van der Waals surface area contributed by atoms with E-state index >= 15 is 0 Å². The third-order valence-corrected chi connectivity index (χ3v) is 6.04. The average molecular weight is 491 g/mol. The van der Waals surface area contributed by atoms with Gasteiger partial charge in [0.05, 0.1) is 17.8 Å². The highest BCUT2D eigenvalue weighted by Gasteiger charge is 2.29. The van der Waals surface area contributed by atoms with Gasteiger partial charge in [0.15, 0.2) is 0 Å². The molecule has 4 aromatic rings. The van der Waals surface area contributed by atoms with E-state index in [4.69, 9.17) is 15.3 Å². The van der Waals surface area contributed by atoms with Crippen molar-refractivity contribution in [2.75, 3.05) is 0 Å². The molecular weight excluding hydrogens is 468 g/mol. The summed E-state index contributed by atoms with van der Waals surface area (Å²) >= 11 is 0. The van der Waals surface area contributed by atoms with E-state index < -0.39 is 11.9 Å². The molecule has 0 radical (unpaired) electrons. The first-order chi connectivity index (χ1) is 17.9. The number of carboxylic acids is 1. The fraction of sp³-hybridized carbons (Fsp3) is 0.0333. The van der Waals surface area contributed by atoms with Crippen LogP contribution in [0.5, 0.6) is 0 Å². The molecule has 2 amide bonds. The van der Waals surface area contributed by atoms with Crippen molar-refractivity contribution in [2.45, 2.75) is 6.54 Å². The van der Waals surface area contributed by atoms with Gasteiger partial charge < -0.3 is 20.2 Å². The smallest absolute Gasteiger partial charge is 0.335 e. The Balaban J connectivity index is 1.46. The Hall–Kier alpha value is -5.17. The van der Waals surface area contributed by atoms with Crippen LogP contribution in [0.2, 0.25) is 0 Å². The average Bonchev–Trinajstić information content (AvgIpc) is 3.50. The van der Waals surface area contributed by atoms with Gasteiger partial charge >= 0.3 is 5.97 Å². The van der Waals surface area contributed by atoms with Crippen molar-refractivity contribution >= 4 is 29.6 Å². The molecule has 0 unspecified atom stereocenters. The molecule has 0 spiro atoms. The zero-order valence-electron chi connectivity index (χ0n) is 19.6. The number of benzene rings is 3. The molecule has 0 saturated heterocycles. The lowest BCUT2D eigenvalue weighted by atomic mass is 10.1. The van der Waals surface area contributed by atoms with E-state index in [1.165, 1.54) is 12.1 Å². The van der Waals surface area contributed by atoms with Crippen molar-refractivity contribution in [3.8, 4) is 11.3 Å². The standard InChI is InChI=1S/C30H22N2O5/c31-28(33)23-8-4-7-22(15-23)27-14-13-25(37-27)16-24-17-26(20-5-2-1-3-6-20)32(29(24)34)18-19-9-11-21(12-10-19)30(35)36/h1-17H,18H2,(H2,31,33)(H,35,36)/b24-16+. The van der Waals surface area contributed by atoms with Crippen LogP contribution >= 0.6 is 0 Å². The number of aromatic carboxylic acids is 1. The Bertz CT molecular complexity index is 1560. The molecule has 0 atom stereocenters. The highest BCUT2D eigenvalue weighted by atomic mass is 16.4. The van der Waals surface area contributed by atoms with Crippen LogP contribution in [-0.4, -0.2) is 27.8 Å². The van der Waals surface area contributed by atoms with Crippen LogP contribution in [0.4, 0.5) is 0 Å². The zero-order chi connectivity index (χ0) is 25.9. The number of carbonyl (C=O) groups excluding carboxylic acids is 2. The van der Waals surface area contributed by atoms with E-state index in [0.29, 0.717) is 28.2 Å². The van der Waals surface area contributed by atoms with Gasteiger partial charge in [0.1, 0.15) is 11.5 Å². The minimum atomic E-state index is -1.00. The van der Waals surface area contributed by atoms with E-state index in [1.807, 2.05) is 42.5 Å². The first-order valence-electron chi connectivity index (χ1n) is 11.5. The molecule has 0 fully saturated rings. The predicted molar refractivity (Wildman–Crippen MR) is 139 cm³/mol. The summed E-state index contributed by atoms with van der Waals surface area (Å²) in [5.74, 6) is -0.696. The Kier molecular flexibility index (Phi) is 6.26. The SMILES string of the molecule is NC(=O)c1cccc(-c2ccc(/C=C3\C=C(c4ccccc4)N(Cc4ccc(C(=O)O)cc4)C3=O)o2)c1. The number of primary amides is 1. The molecule has 0 saturated carbocycles. The highest BCUT2D eigenvalue weighted by Crippen LogP contribution is 2.33. The topological polar surface area (TPSA) is 114 Å². The molecule has 5 rings (SSSR count). The van der Waals surface area contributed by atoms with Crippen molar-refractivity contribution < 1.29 is 23.9 Å². The number of nitrogens with zero attached hydrogens (tertiary/aromatic N) is 1. The van der Waals surface area contributed by atoms with E-state index in [1.54, 1.807) is 53.4 Å². The van der Waals surface area contributed by atoms with Gasteiger partial charge in [-0.05, 0) is 59.7 Å². The van der Waals surface area contributed by atoms with Gasteiger partial charge in [-0.2, -0.15) is 0 Å². The van der Waals surface area contributed by atoms with E-state index in [9.17, 15) is 14.4 Å². The summed E-state index contributed by atoms with van der Waals surface area (Å²) in [4.78, 5) is 37.9. The summed E-state index contributed by atoms with van der Waals surface area (Å²) in [7, 11) is 0. The monoisotopic (exact) mass is 490 g/mol. The minimum Gasteiger partial charge on any atom is -0.478 e. The lowest BCUT2D eigenvalue weighted by Crippen LogP contribution is -2.25. The van der Waals surface area contributed by atoms with Crippen molar-refractivity contribution in [1.82, 2.24) is 4.90 Å². The Morgan fingerprint density at radius 1 is 0.865 bits per heavy atom. The van der Waals surface area contributed by atoms with Crippen molar-refractivity contribution in [2.24, 2.45) is 5.73 Å². The fourth-order valence-corrected chi connectivity index (χ4v) is 4.16. The van der Waals surface area contributed by atoms with Gasteiger partial charge in [-0.25, -0.2) is 4.79 Å². The minimum absolute atomic E-state index is 0.186. The van der Waals surface area contributed by atoms with Crippen LogP contribution in [0.15, 0.2) is 107 Å². The van der Waals surface area contributed by atoms with Gasteiger partial charge in [0.2, 0.25) is 5.91 Å². The molecule has 1 aromatic heterocycles. The van der Waals surface area contributed by atoms with E-state index in [2.05, 4.69) is 0 Å². The van der Waals surface area contributed by atoms with Gasteiger partial charge in [0, 0.05) is 16.7 Å². The van der Waals surface area contributed by atoms with Gasteiger partial charge in [-0.1, -0.05) is 54.6 Å². The summed E-state index contributed by atoms with van der Waals surface area (Å²) in [6, 6.07) is 26.4. The van der Waals surface area contributed by atoms with Crippen LogP contribution in [0.25, 0.3) is 23.1 Å². The number of furan rings is 1. The van der Waals surface area contributed by atoms with Crippen LogP contribution in [0.1, 0.15) is 37.6 Å². The Labute approximate surface area is 212 Å². The van der Waals surface area contributed by atoms with Gasteiger partial charge in [-0.3, -0.25) is 9.59 Å². The molecule has 0 aliphatic carbocycles. The van der Waals surface area contributed by atoms with Crippen LogP contribution in [-0.2, 0) is 11.3 Å². The number of nitrogens with two attached hydrogens (primary N) is 1. The number of carboxylic acid groups (broad SMARTS) is 1.